The second-order valence-corrected chi connectivity index (χ2v) is 4.64. The first-order chi connectivity index (χ1) is 9.11. The van der Waals surface area contributed by atoms with Gasteiger partial charge in [-0.1, -0.05) is 24.3 Å². The summed E-state index contributed by atoms with van der Waals surface area (Å²) in [6.07, 6.45) is 0. The molecular weight excluding hydrogens is 239 g/mol. The van der Waals surface area contributed by atoms with Crippen molar-refractivity contribution in [1.29, 1.82) is 0 Å². The summed E-state index contributed by atoms with van der Waals surface area (Å²) in [5.74, 6) is -0.291. The molecule has 0 unspecified atom stereocenters. The van der Waals surface area contributed by atoms with Gasteiger partial charge in [0, 0.05) is 24.5 Å². The third-order valence-corrected chi connectivity index (χ3v) is 3.31. The summed E-state index contributed by atoms with van der Waals surface area (Å²) in [5, 5.41) is 0. The highest BCUT2D eigenvalue weighted by atomic mass is 19.1. The zero-order valence-corrected chi connectivity index (χ0v) is 11.4. The predicted molar refractivity (Wildman–Crippen MR) is 78.7 cm³/mol. The molecule has 0 heterocycles. The van der Waals surface area contributed by atoms with Gasteiger partial charge in [-0.25, -0.2) is 4.39 Å². The average molecular weight is 258 g/mol. The number of nitrogens with zero attached hydrogens (tertiary/aromatic N) is 1. The number of aryl methyl sites for hydroxylation is 1. The molecule has 100 valence electrons. The second kappa shape index (κ2) is 5.74. The highest BCUT2D eigenvalue weighted by molar-refractivity contribution is 5.55. The zero-order chi connectivity index (χ0) is 13.8. The van der Waals surface area contributed by atoms with Crippen molar-refractivity contribution in [3.05, 3.63) is 59.4 Å². The van der Waals surface area contributed by atoms with Crippen LogP contribution in [0.1, 0.15) is 18.1 Å². The Morgan fingerprint density at radius 1 is 1.16 bits per heavy atom. The lowest BCUT2D eigenvalue weighted by Gasteiger charge is -2.25. The molecule has 0 bridgehead atoms. The molecule has 2 rings (SSSR count). The quantitative estimate of drug-likeness (QED) is 0.846. The standard InChI is InChI=1S/C16H19FN2/c1-3-19(16-7-5-4-6-12(16)2)11-13-8-9-14(17)10-15(13)18/h4-10H,3,11,18H2,1-2H3. The van der Waals surface area contributed by atoms with Crippen LogP contribution in [0.3, 0.4) is 0 Å². The summed E-state index contributed by atoms with van der Waals surface area (Å²) in [4.78, 5) is 2.24. The molecule has 2 N–H and O–H groups in total. The van der Waals surface area contributed by atoms with Gasteiger partial charge in [-0.3, -0.25) is 0 Å². The van der Waals surface area contributed by atoms with Crippen LogP contribution in [0.4, 0.5) is 15.8 Å². The van der Waals surface area contributed by atoms with Crippen molar-refractivity contribution in [1.82, 2.24) is 0 Å². The van der Waals surface area contributed by atoms with Gasteiger partial charge in [0.15, 0.2) is 0 Å². The molecule has 0 atom stereocenters. The highest BCUT2D eigenvalue weighted by Crippen LogP contribution is 2.23. The van der Waals surface area contributed by atoms with Crippen molar-refractivity contribution in [3.63, 3.8) is 0 Å². The van der Waals surface area contributed by atoms with E-state index < -0.39 is 0 Å². The minimum Gasteiger partial charge on any atom is -0.398 e. The number of hydrogen-bond donors (Lipinski definition) is 1. The number of nitrogens with two attached hydrogens (primary N) is 1. The van der Waals surface area contributed by atoms with E-state index in [9.17, 15) is 4.39 Å². The number of benzene rings is 2. The van der Waals surface area contributed by atoms with Gasteiger partial charge in [-0.15, -0.1) is 0 Å². The second-order valence-electron chi connectivity index (χ2n) is 4.64. The molecule has 2 nitrogen and oxygen atoms in total. The topological polar surface area (TPSA) is 29.3 Å². The molecule has 19 heavy (non-hydrogen) atoms. The van der Waals surface area contributed by atoms with Crippen molar-refractivity contribution in [2.45, 2.75) is 20.4 Å². The Morgan fingerprint density at radius 3 is 2.53 bits per heavy atom. The monoisotopic (exact) mass is 258 g/mol. The number of halogens is 1. The van der Waals surface area contributed by atoms with E-state index in [0.717, 1.165) is 12.1 Å². The molecule has 0 radical (unpaired) electrons. The van der Waals surface area contributed by atoms with Crippen molar-refractivity contribution < 1.29 is 4.39 Å². The van der Waals surface area contributed by atoms with Crippen LogP contribution in [-0.2, 0) is 6.54 Å². The minimum absolute atomic E-state index is 0.291. The summed E-state index contributed by atoms with van der Waals surface area (Å²) < 4.78 is 13.1. The zero-order valence-electron chi connectivity index (χ0n) is 11.4. The van der Waals surface area contributed by atoms with Gasteiger partial charge in [-0.05, 0) is 43.2 Å². The van der Waals surface area contributed by atoms with Crippen molar-refractivity contribution in [3.8, 4) is 0 Å². The maximum Gasteiger partial charge on any atom is 0.125 e. The summed E-state index contributed by atoms with van der Waals surface area (Å²) in [7, 11) is 0. The maximum atomic E-state index is 13.1. The Labute approximate surface area is 113 Å². The number of nitrogen functional groups attached to an aromatic ring is 1. The average Bonchev–Trinajstić information content (AvgIpc) is 2.39. The van der Waals surface area contributed by atoms with E-state index >= 15 is 0 Å². The van der Waals surface area contributed by atoms with Gasteiger partial charge in [0.2, 0.25) is 0 Å². The first kappa shape index (κ1) is 13.4. The Bertz CT molecular complexity index is 566. The van der Waals surface area contributed by atoms with Crippen LogP contribution in [0.2, 0.25) is 0 Å². The number of hydrogen-bond acceptors (Lipinski definition) is 2. The van der Waals surface area contributed by atoms with Gasteiger partial charge in [0.05, 0.1) is 0 Å². The maximum absolute atomic E-state index is 13.1. The van der Waals surface area contributed by atoms with Crippen molar-refractivity contribution >= 4 is 11.4 Å². The molecule has 2 aromatic rings. The normalized spacial score (nSPS) is 10.5. The summed E-state index contributed by atoms with van der Waals surface area (Å²) in [6, 6.07) is 12.8. The van der Waals surface area contributed by atoms with E-state index in [1.807, 2.05) is 12.1 Å². The molecule has 0 aliphatic rings. The van der Waals surface area contributed by atoms with E-state index in [2.05, 4.69) is 30.9 Å². The van der Waals surface area contributed by atoms with Crippen LogP contribution in [0, 0.1) is 12.7 Å². The van der Waals surface area contributed by atoms with E-state index in [1.165, 1.54) is 23.4 Å². The van der Waals surface area contributed by atoms with E-state index in [0.29, 0.717) is 12.2 Å². The molecular formula is C16H19FN2. The molecule has 0 amide bonds. The van der Waals surface area contributed by atoms with Gasteiger partial charge in [0.25, 0.3) is 0 Å². The Morgan fingerprint density at radius 2 is 1.89 bits per heavy atom. The van der Waals surface area contributed by atoms with Crippen LogP contribution in [0.5, 0.6) is 0 Å². The molecule has 2 aromatic carbocycles. The van der Waals surface area contributed by atoms with Gasteiger partial charge in [0.1, 0.15) is 5.82 Å². The minimum atomic E-state index is -0.291. The van der Waals surface area contributed by atoms with E-state index in [-0.39, 0.29) is 5.82 Å². The molecule has 0 aliphatic carbocycles. The third-order valence-electron chi connectivity index (χ3n) is 3.31. The van der Waals surface area contributed by atoms with E-state index in [1.54, 1.807) is 6.07 Å². The lowest BCUT2D eigenvalue weighted by molar-refractivity contribution is 0.627. The van der Waals surface area contributed by atoms with Gasteiger partial charge in [-0.2, -0.15) is 0 Å². The fourth-order valence-corrected chi connectivity index (χ4v) is 2.20. The first-order valence-electron chi connectivity index (χ1n) is 6.46. The molecule has 0 aromatic heterocycles. The van der Waals surface area contributed by atoms with Crippen molar-refractivity contribution in [2.24, 2.45) is 0 Å². The fourth-order valence-electron chi connectivity index (χ4n) is 2.20. The summed E-state index contributed by atoms with van der Waals surface area (Å²) in [5.41, 5.74) is 9.75. The van der Waals surface area contributed by atoms with Crippen LogP contribution in [0.15, 0.2) is 42.5 Å². The highest BCUT2D eigenvalue weighted by Gasteiger charge is 2.09. The Hall–Kier alpha value is -2.03. The molecule has 0 saturated carbocycles. The molecule has 0 saturated heterocycles. The van der Waals surface area contributed by atoms with Crippen LogP contribution < -0.4 is 10.6 Å². The smallest absolute Gasteiger partial charge is 0.125 e. The Kier molecular flexibility index (Phi) is 4.05. The Balaban J connectivity index is 2.27. The lowest BCUT2D eigenvalue weighted by Crippen LogP contribution is -2.23. The largest absolute Gasteiger partial charge is 0.398 e. The van der Waals surface area contributed by atoms with E-state index in [4.69, 9.17) is 5.73 Å². The van der Waals surface area contributed by atoms with Gasteiger partial charge < -0.3 is 10.6 Å². The SMILES string of the molecule is CCN(Cc1ccc(F)cc1N)c1ccccc1C. The summed E-state index contributed by atoms with van der Waals surface area (Å²) in [6.45, 7) is 5.76. The summed E-state index contributed by atoms with van der Waals surface area (Å²) >= 11 is 0. The predicted octanol–water partition coefficient (Wildman–Crippen LogP) is 3.74. The van der Waals surface area contributed by atoms with Crippen LogP contribution in [-0.4, -0.2) is 6.54 Å². The first-order valence-corrected chi connectivity index (χ1v) is 6.46. The number of rotatable bonds is 4. The molecule has 3 heteroatoms. The van der Waals surface area contributed by atoms with Crippen molar-refractivity contribution in [2.75, 3.05) is 17.2 Å². The molecule has 0 spiro atoms. The fraction of sp³-hybridized carbons (Fsp3) is 0.250. The van der Waals surface area contributed by atoms with Crippen LogP contribution in [0.25, 0.3) is 0 Å². The third kappa shape index (κ3) is 3.05. The van der Waals surface area contributed by atoms with Crippen LogP contribution >= 0.6 is 0 Å². The number of para-hydroxylation sites is 1. The lowest BCUT2D eigenvalue weighted by atomic mass is 10.1. The number of anilines is 2. The molecule has 0 aliphatic heterocycles. The molecule has 0 fully saturated rings. The van der Waals surface area contributed by atoms with Gasteiger partial charge >= 0.3 is 0 Å².